The Morgan fingerprint density at radius 3 is 2.44 bits per heavy atom. The molecular formula is C31H24Cl2N6O4. The van der Waals surface area contributed by atoms with Crippen LogP contribution in [-0.2, 0) is 4.79 Å². The zero-order chi connectivity index (χ0) is 30.5. The van der Waals surface area contributed by atoms with Gasteiger partial charge in [0.15, 0.2) is 0 Å². The van der Waals surface area contributed by atoms with Gasteiger partial charge in [0, 0.05) is 51.1 Å². The van der Waals surface area contributed by atoms with E-state index in [4.69, 9.17) is 23.2 Å². The Morgan fingerprint density at radius 2 is 1.72 bits per heavy atom. The van der Waals surface area contributed by atoms with E-state index in [1.54, 1.807) is 37.4 Å². The molecule has 1 amide bonds. The zero-order valence-electron chi connectivity index (χ0n) is 22.7. The van der Waals surface area contributed by atoms with Gasteiger partial charge in [0.25, 0.3) is 5.69 Å². The Kier molecular flexibility index (Phi) is 8.91. The van der Waals surface area contributed by atoms with Crippen molar-refractivity contribution in [3.05, 3.63) is 138 Å². The first-order valence-corrected chi connectivity index (χ1v) is 13.7. The number of amides is 1. The molecule has 2 N–H and O–H groups in total. The maximum absolute atomic E-state index is 11.7. The Balaban J connectivity index is 0.000000171. The number of fused-ring (bicyclic) bond motifs is 2. The first-order chi connectivity index (χ1) is 20.7. The third-order valence-electron chi connectivity index (χ3n) is 6.57. The number of amidine groups is 1. The van der Waals surface area contributed by atoms with Crippen LogP contribution in [0.2, 0.25) is 10.0 Å². The molecule has 0 bridgehead atoms. The predicted octanol–water partition coefficient (Wildman–Crippen LogP) is 4.89. The number of nitrogens with one attached hydrogen (secondary N) is 1. The molecule has 0 unspecified atom stereocenters. The maximum Gasteiger partial charge on any atom is 0.270 e. The lowest BCUT2D eigenvalue weighted by molar-refractivity contribution is -0.384. The summed E-state index contributed by atoms with van der Waals surface area (Å²) in [4.78, 5) is 35.1. The monoisotopic (exact) mass is 614 g/mol. The first kappa shape index (κ1) is 29.6. The second-order valence-electron chi connectivity index (χ2n) is 9.37. The van der Waals surface area contributed by atoms with Gasteiger partial charge >= 0.3 is 0 Å². The Bertz CT molecular complexity index is 1910. The molecule has 6 rings (SSSR count). The fraction of sp³-hybridized carbons (Fsp3) is 0.0968. The number of nitro benzene ring substituents is 1. The third-order valence-corrected chi connectivity index (χ3v) is 7.14. The summed E-state index contributed by atoms with van der Waals surface area (Å²) in [5, 5.41) is 27.9. The standard InChI is InChI=1S/C16H14ClN3O.C15H10ClN3O3/c1-18-15-10-20(21)16(11-5-3-2-4-6-11)13-9-12(17)7-8-14(13)19-15;16-12-4-2-1-3-10(12)15-11-7-9(19(21)22)5-6-13(11)18-14(20)8-17-15/h2-9,21H,10H2,1H3;1-7H,8H2,(H,18,20). The van der Waals surface area contributed by atoms with Crippen molar-refractivity contribution in [2.24, 2.45) is 15.0 Å². The summed E-state index contributed by atoms with van der Waals surface area (Å²) in [7, 11) is 1.66. The smallest absolute Gasteiger partial charge is 0.270 e. The summed E-state index contributed by atoms with van der Waals surface area (Å²) < 4.78 is 0. The molecule has 0 aliphatic carbocycles. The van der Waals surface area contributed by atoms with Crippen LogP contribution < -0.4 is 15.9 Å². The summed E-state index contributed by atoms with van der Waals surface area (Å²) in [6.45, 7) is 0.163. The molecule has 0 fully saturated rings. The average molecular weight is 615 g/mol. The zero-order valence-corrected chi connectivity index (χ0v) is 24.3. The quantitative estimate of drug-likeness (QED) is 0.250. The number of halogens is 2. The number of carbonyl (C=O) groups excluding carboxylic acids is 1. The summed E-state index contributed by atoms with van der Waals surface area (Å²) in [6.07, 6.45) is 0. The van der Waals surface area contributed by atoms with Gasteiger partial charge in [-0.15, -0.1) is 0 Å². The number of anilines is 1. The lowest BCUT2D eigenvalue weighted by Crippen LogP contribution is -2.31. The number of rotatable bonds is 3. The number of aliphatic imine (C=N–C) groups is 2. The summed E-state index contributed by atoms with van der Waals surface area (Å²) in [6, 6.07) is 26.4. The van der Waals surface area contributed by atoms with Crippen LogP contribution in [0, 0.1) is 10.1 Å². The largest absolute Gasteiger partial charge is 0.324 e. The molecule has 43 heavy (non-hydrogen) atoms. The normalized spacial score (nSPS) is 15.0. The molecule has 216 valence electrons. The van der Waals surface area contributed by atoms with E-state index < -0.39 is 4.92 Å². The van der Waals surface area contributed by atoms with Gasteiger partial charge in [0.2, 0.25) is 5.91 Å². The Labute approximate surface area is 256 Å². The van der Waals surface area contributed by atoms with Crippen LogP contribution in [0.4, 0.5) is 11.4 Å². The minimum absolute atomic E-state index is 0.0664. The average Bonchev–Trinajstić information content (AvgIpc) is 3.25. The summed E-state index contributed by atoms with van der Waals surface area (Å²) in [5.74, 6) is 0.282. The number of benzene rings is 4. The van der Waals surface area contributed by atoms with Crippen molar-refractivity contribution in [2.75, 3.05) is 25.5 Å². The molecular weight excluding hydrogens is 591 g/mol. The highest BCUT2D eigenvalue weighted by molar-refractivity contribution is 6.36. The third kappa shape index (κ3) is 6.62. The van der Waals surface area contributed by atoms with Crippen LogP contribution in [0.5, 0.6) is 0 Å². The van der Waals surface area contributed by atoms with Crippen LogP contribution in [0.1, 0.15) is 16.7 Å². The number of hydroxylamine groups is 2. The van der Waals surface area contributed by atoms with E-state index in [9.17, 15) is 20.1 Å². The van der Waals surface area contributed by atoms with Crippen molar-refractivity contribution in [3.8, 4) is 0 Å². The van der Waals surface area contributed by atoms with Crippen molar-refractivity contribution in [2.45, 2.75) is 0 Å². The SMILES string of the molecule is CN=C1CN(O)C(c2ccccc2)=c2cc(Cl)ccc2=N1.O=C1CN=C(c2ccccc2Cl)c2cc([N+](=O)[O-])ccc2N1. The fourth-order valence-electron chi connectivity index (χ4n) is 4.60. The number of carbonyl (C=O) groups is 1. The molecule has 2 aliphatic rings. The van der Waals surface area contributed by atoms with E-state index in [0.29, 0.717) is 44.1 Å². The van der Waals surface area contributed by atoms with Crippen LogP contribution in [0.15, 0.2) is 106 Å². The number of nitrogens with zero attached hydrogens (tertiary/aromatic N) is 5. The van der Waals surface area contributed by atoms with Crippen LogP contribution >= 0.6 is 23.2 Å². The van der Waals surface area contributed by atoms with Crippen LogP contribution in [-0.4, -0.2) is 52.8 Å². The van der Waals surface area contributed by atoms with E-state index in [1.807, 2.05) is 42.5 Å². The van der Waals surface area contributed by atoms with E-state index >= 15 is 0 Å². The number of non-ortho nitro benzene ring substituents is 1. The Morgan fingerprint density at radius 1 is 0.977 bits per heavy atom. The van der Waals surface area contributed by atoms with Gasteiger partial charge in [-0.25, -0.2) is 10.1 Å². The summed E-state index contributed by atoms with van der Waals surface area (Å²) >= 11 is 12.3. The van der Waals surface area contributed by atoms with Gasteiger partial charge in [0.1, 0.15) is 18.9 Å². The van der Waals surface area contributed by atoms with Gasteiger partial charge < -0.3 is 5.32 Å². The van der Waals surface area contributed by atoms with Crippen molar-refractivity contribution in [1.29, 1.82) is 0 Å². The van der Waals surface area contributed by atoms with E-state index in [2.05, 4.69) is 20.3 Å². The van der Waals surface area contributed by atoms with Crippen LogP contribution in [0.25, 0.3) is 5.70 Å². The molecule has 0 radical (unpaired) electrons. The molecule has 12 heteroatoms. The predicted molar refractivity (Wildman–Crippen MR) is 167 cm³/mol. The highest BCUT2D eigenvalue weighted by atomic mass is 35.5. The highest BCUT2D eigenvalue weighted by Crippen LogP contribution is 2.29. The van der Waals surface area contributed by atoms with Gasteiger partial charge in [-0.3, -0.25) is 30.1 Å². The maximum atomic E-state index is 11.7. The molecule has 2 aliphatic heterocycles. The molecule has 4 aromatic rings. The second-order valence-corrected chi connectivity index (χ2v) is 10.2. The minimum Gasteiger partial charge on any atom is -0.324 e. The van der Waals surface area contributed by atoms with Gasteiger partial charge in [-0.1, -0.05) is 71.7 Å². The van der Waals surface area contributed by atoms with Crippen LogP contribution in [0.3, 0.4) is 0 Å². The van der Waals surface area contributed by atoms with E-state index in [-0.39, 0.29) is 24.7 Å². The fourth-order valence-corrected chi connectivity index (χ4v) is 5.00. The van der Waals surface area contributed by atoms with Crippen molar-refractivity contribution in [1.82, 2.24) is 5.06 Å². The number of nitro groups is 1. The van der Waals surface area contributed by atoms with Gasteiger partial charge in [-0.05, 0) is 30.3 Å². The van der Waals surface area contributed by atoms with Crippen molar-refractivity contribution < 1.29 is 14.9 Å². The Hall–Kier alpha value is -4.90. The molecule has 0 saturated carbocycles. The molecule has 0 saturated heterocycles. The molecule has 2 heterocycles. The molecule has 0 atom stereocenters. The number of benzodiazepines with no additional fused rings is 1. The van der Waals surface area contributed by atoms with Gasteiger partial charge in [0.05, 0.1) is 27.4 Å². The second kappa shape index (κ2) is 13.0. The number of hydrogen-bond acceptors (Lipinski definition) is 7. The van der Waals surface area contributed by atoms with E-state index in [0.717, 1.165) is 16.1 Å². The molecule has 10 nitrogen and oxygen atoms in total. The summed E-state index contributed by atoms with van der Waals surface area (Å²) in [5.41, 5.74) is 3.55. The lowest BCUT2D eigenvalue weighted by atomic mass is 10.00. The first-order valence-electron chi connectivity index (χ1n) is 13.0. The number of hydrogen-bond donors (Lipinski definition) is 2. The van der Waals surface area contributed by atoms with E-state index in [1.165, 1.54) is 23.3 Å². The molecule has 0 aromatic heterocycles. The minimum atomic E-state index is -0.489. The molecule has 0 spiro atoms. The highest BCUT2D eigenvalue weighted by Gasteiger charge is 2.22. The topological polar surface area (TPSA) is 133 Å². The lowest BCUT2D eigenvalue weighted by Gasteiger charge is -2.19. The molecule has 4 aromatic carbocycles. The van der Waals surface area contributed by atoms with Crippen molar-refractivity contribution in [3.63, 3.8) is 0 Å². The van der Waals surface area contributed by atoms with Gasteiger partial charge in [-0.2, -0.15) is 0 Å². The van der Waals surface area contributed by atoms with Crippen molar-refractivity contribution >= 4 is 57.7 Å².